The van der Waals surface area contributed by atoms with Crippen molar-refractivity contribution in [3.63, 3.8) is 0 Å². The lowest BCUT2D eigenvalue weighted by Gasteiger charge is -2.41. The number of piperazine rings is 1. The van der Waals surface area contributed by atoms with Gasteiger partial charge in [-0.3, -0.25) is 0 Å². The minimum absolute atomic E-state index is 0.140. The molecule has 24 heavy (non-hydrogen) atoms. The zero-order valence-corrected chi connectivity index (χ0v) is 14.8. The molecule has 1 aromatic carbocycles. The van der Waals surface area contributed by atoms with Gasteiger partial charge >= 0.3 is 0 Å². The van der Waals surface area contributed by atoms with Crippen molar-refractivity contribution >= 4 is 10.2 Å². The number of benzene rings is 1. The van der Waals surface area contributed by atoms with E-state index in [1.165, 1.54) is 20.7 Å². The van der Waals surface area contributed by atoms with Crippen LogP contribution in [0.5, 0.6) is 0 Å². The van der Waals surface area contributed by atoms with Crippen LogP contribution in [0.1, 0.15) is 25.5 Å². The SMILES string of the molecule is CC1CN(S(=O)(=O)N2CCNCC2c2cccc(F)c2)CC(C)O1. The van der Waals surface area contributed by atoms with Gasteiger partial charge in [-0.05, 0) is 31.5 Å². The summed E-state index contributed by atoms with van der Waals surface area (Å²) in [5, 5.41) is 3.20. The van der Waals surface area contributed by atoms with E-state index >= 15 is 0 Å². The van der Waals surface area contributed by atoms with E-state index in [2.05, 4.69) is 5.32 Å². The average molecular weight is 357 g/mol. The Morgan fingerprint density at radius 2 is 1.96 bits per heavy atom. The van der Waals surface area contributed by atoms with E-state index in [-0.39, 0.29) is 18.0 Å². The Hall–Kier alpha value is -1.06. The third-order valence-corrected chi connectivity index (χ3v) is 6.42. The first kappa shape index (κ1) is 17.8. The van der Waals surface area contributed by atoms with Crippen LogP contribution in [0.15, 0.2) is 24.3 Å². The fraction of sp³-hybridized carbons (Fsp3) is 0.625. The van der Waals surface area contributed by atoms with Crippen LogP contribution in [0, 0.1) is 5.82 Å². The highest BCUT2D eigenvalue weighted by Crippen LogP contribution is 2.28. The highest BCUT2D eigenvalue weighted by atomic mass is 32.2. The van der Waals surface area contributed by atoms with Crippen molar-refractivity contribution in [2.24, 2.45) is 0 Å². The summed E-state index contributed by atoms with van der Waals surface area (Å²) in [6.45, 7) is 5.85. The second-order valence-electron chi connectivity index (χ2n) is 6.47. The third-order valence-electron chi connectivity index (χ3n) is 4.44. The first-order valence-electron chi connectivity index (χ1n) is 8.26. The summed E-state index contributed by atoms with van der Waals surface area (Å²) in [4.78, 5) is 0. The van der Waals surface area contributed by atoms with Crippen molar-refractivity contribution in [3.8, 4) is 0 Å². The number of nitrogens with one attached hydrogen (secondary N) is 1. The molecule has 3 unspecified atom stereocenters. The van der Waals surface area contributed by atoms with Gasteiger partial charge in [-0.2, -0.15) is 17.0 Å². The molecule has 3 atom stereocenters. The van der Waals surface area contributed by atoms with Crippen LogP contribution < -0.4 is 5.32 Å². The Labute approximate surface area is 142 Å². The van der Waals surface area contributed by atoms with Crippen molar-refractivity contribution in [1.29, 1.82) is 0 Å². The Morgan fingerprint density at radius 3 is 2.62 bits per heavy atom. The predicted octanol–water partition coefficient (Wildman–Crippen LogP) is 1.13. The summed E-state index contributed by atoms with van der Waals surface area (Å²) in [5.74, 6) is -0.357. The third kappa shape index (κ3) is 3.62. The van der Waals surface area contributed by atoms with Crippen LogP contribution in [-0.4, -0.2) is 62.0 Å². The van der Waals surface area contributed by atoms with Gasteiger partial charge < -0.3 is 10.1 Å². The average Bonchev–Trinajstić information content (AvgIpc) is 2.54. The van der Waals surface area contributed by atoms with Crippen LogP contribution in [0.4, 0.5) is 4.39 Å². The maximum absolute atomic E-state index is 13.6. The zero-order chi connectivity index (χ0) is 17.3. The first-order chi connectivity index (χ1) is 11.4. The number of rotatable bonds is 3. The highest BCUT2D eigenvalue weighted by molar-refractivity contribution is 7.86. The molecule has 1 aromatic rings. The molecule has 0 saturated carbocycles. The van der Waals surface area contributed by atoms with E-state index < -0.39 is 16.3 Å². The molecule has 2 aliphatic rings. The van der Waals surface area contributed by atoms with Gasteiger partial charge in [0.05, 0.1) is 18.2 Å². The lowest BCUT2D eigenvalue weighted by atomic mass is 10.1. The quantitative estimate of drug-likeness (QED) is 0.881. The second kappa shape index (κ2) is 7.05. The zero-order valence-electron chi connectivity index (χ0n) is 14.0. The molecule has 0 radical (unpaired) electrons. The molecule has 8 heteroatoms. The van der Waals surface area contributed by atoms with E-state index in [0.29, 0.717) is 38.3 Å². The van der Waals surface area contributed by atoms with E-state index in [4.69, 9.17) is 4.74 Å². The summed E-state index contributed by atoms with van der Waals surface area (Å²) >= 11 is 0. The summed E-state index contributed by atoms with van der Waals surface area (Å²) in [7, 11) is -3.64. The lowest BCUT2D eigenvalue weighted by Crippen LogP contribution is -2.57. The normalized spacial score (nSPS) is 30.4. The van der Waals surface area contributed by atoms with Gasteiger partial charge in [-0.25, -0.2) is 4.39 Å². The second-order valence-corrected chi connectivity index (χ2v) is 8.35. The Bertz CT molecular complexity index is 675. The van der Waals surface area contributed by atoms with E-state index in [1.54, 1.807) is 12.1 Å². The number of hydrogen-bond acceptors (Lipinski definition) is 4. The summed E-state index contributed by atoms with van der Waals surface area (Å²) < 4.78 is 48.6. The minimum atomic E-state index is -3.64. The maximum atomic E-state index is 13.6. The van der Waals surface area contributed by atoms with Crippen LogP contribution >= 0.6 is 0 Å². The van der Waals surface area contributed by atoms with Crippen molar-refractivity contribution in [1.82, 2.24) is 13.9 Å². The molecule has 134 valence electrons. The fourth-order valence-electron chi connectivity index (χ4n) is 3.43. The Morgan fingerprint density at radius 1 is 1.25 bits per heavy atom. The smallest absolute Gasteiger partial charge is 0.282 e. The van der Waals surface area contributed by atoms with Crippen LogP contribution in [0.2, 0.25) is 0 Å². The van der Waals surface area contributed by atoms with Gasteiger partial charge in [0.25, 0.3) is 10.2 Å². The molecule has 0 spiro atoms. The van der Waals surface area contributed by atoms with Crippen LogP contribution in [0.25, 0.3) is 0 Å². The van der Waals surface area contributed by atoms with Crippen molar-refractivity contribution in [2.75, 3.05) is 32.7 Å². The van der Waals surface area contributed by atoms with Gasteiger partial charge in [0.1, 0.15) is 5.82 Å². The molecule has 0 aliphatic carbocycles. The molecule has 6 nitrogen and oxygen atoms in total. The highest BCUT2D eigenvalue weighted by Gasteiger charge is 2.40. The van der Waals surface area contributed by atoms with E-state index in [9.17, 15) is 12.8 Å². The molecule has 3 rings (SSSR count). The van der Waals surface area contributed by atoms with Gasteiger partial charge in [-0.1, -0.05) is 12.1 Å². The summed E-state index contributed by atoms with van der Waals surface area (Å²) in [5.41, 5.74) is 0.667. The summed E-state index contributed by atoms with van der Waals surface area (Å²) in [6.07, 6.45) is -0.280. The number of nitrogens with zero attached hydrogens (tertiary/aromatic N) is 2. The topological polar surface area (TPSA) is 61.9 Å². The predicted molar refractivity (Wildman–Crippen MR) is 89.2 cm³/mol. The maximum Gasteiger partial charge on any atom is 0.282 e. The Balaban J connectivity index is 1.89. The monoisotopic (exact) mass is 357 g/mol. The number of hydrogen-bond donors (Lipinski definition) is 1. The van der Waals surface area contributed by atoms with Gasteiger partial charge in [0.2, 0.25) is 0 Å². The Kier molecular flexibility index (Phi) is 5.22. The molecular formula is C16H24FN3O3S. The van der Waals surface area contributed by atoms with E-state index in [1.807, 2.05) is 13.8 Å². The van der Waals surface area contributed by atoms with Crippen molar-refractivity contribution in [2.45, 2.75) is 32.1 Å². The van der Waals surface area contributed by atoms with Crippen LogP contribution in [0.3, 0.4) is 0 Å². The van der Waals surface area contributed by atoms with Crippen molar-refractivity contribution < 1.29 is 17.5 Å². The molecule has 0 aromatic heterocycles. The molecule has 2 heterocycles. The first-order valence-corrected chi connectivity index (χ1v) is 9.66. The van der Waals surface area contributed by atoms with Gasteiger partial charge in [-0.15, -0.1) is 0 Å². The fourth-order valence-corrected chi connectivity index (χ4v) is 5.36. The van der Waals surface area contributed by atoms with Crippen LogP contribution in [-0.2, 0) is 14.9 Å². The molecule has 2 aliphatic heterocycles. The molecule has 1 N–H and O–H groups in total. The largest absolute Gasteiger partial charge is 0.373 e. The number of morpholine rings is 1. The summed E-state index contributed by atoms with van der Waals surface area (Å²) in [6, 6.07) is 5.75. The molecule has 0 bridgehead atoms. The number of halogens is 1. The lowest BCUT2D eigenvalue weighted by molar-refractivity contribution is -0.0459. The molecule has 2 fully saturated rings. The molecule has 2 saturated heterocycles. The van der Waals surface area contributed by atoms with Gasteiger partial charge in [0.15, 0.2) is 0 Å². The molecule has 0 amide bonds. The minimum Gasteiger partial charge on any atom is -0.373 e. The molecular weight excluding hydrogens is 333 g/mol. The van der Waals surface area contributed by atoms with Gasteiger partial charge in [0, 0.05) is 32.7 Å². The van der Waals surface area contributed by atoms with E-state index in [0.717, 1.165) is 0 Å². The number of ether oxygens (including phenoxy) is 1. The standard InChI is InChI=1S/C16H24FN3O3S/c1-12-10-19(11-13(2)23-12)24(21,22)20-7-6-18-9-16(20)14-4-3-5-15(17)8-14/h3-5,8,12-13,16,18H,6-7,9-11H2,1-2H3. The van der Waals surface area contributed by atoms with Crippen molar-refractivity contribution in [3.05, 3.63) is 35.6 Å².